The van der Waals surface area contributed by atoms with Crippen LogP contribution in [0.5, 0.6) is 0 Å². The van der Waals surface area contributed by atoms with Crippen molar-refractivity contribution in [3.05, 3.63) is 34.7 Å². The fourth-order valence-electron chi connectivity index (χ4n) is 4.68. The highest BCUT2D eigenvalue weighted by Crippen LogP contribution is 2.36. The summed E-state index contributed by atoms with van der Waals surface area (Å²) in [6.45, 7) is 1.97. The first kappa shape index (κ1) is 15.5. The Balaban J connectivity index is 1.55. The molecule has 0 spiro atoms. The molecule has 0 unspecified atom stereocenters. The highest BCUT2D eigenvalue weighted by molar-refractivity contribution is 5.75. The van der Waals surface area contributed by atoms with E-state index in [1.54, 1.807) is 0 Å². The van der Waals surface area contributed by atoms with E-state index in [0.29, 0.717) is 0 Å². The smallest absolute Gasteiger partial charge is 0.306 e. The number of terminal acetylenes is 1. The van der Waals surface area contributed by atoms with E-state index in [2.05, 4.69) is 15.8 Å². The Morgan fingerprint density at radius 1 is 1.12 bits per heavy atom. The van der Waals surface area contributed by atoms with Gasteiger partial charge >= 0.3 is 5.69 Å². The number of hydrogen-bond donors (Lipinski definition) is 1. The predicted octanol–water partition coefficient (Wildman–Crippen LogP) is 3.30. The van der Waals surface area contributed by atoms with Gasteiger partial charge in [-0.15, -0.1) is 6.42 Å². The molecule has 1 saturated carbocycles. The Hall–Kier alpha value is -1.99. The fraction of sp³-hybridized carbons (Fsp3) is 0.550. The van der Waals surface area contributed by atoms with Gasteiger partial charge in [0.05, 0.1) is 16.6 Å². The van der Waals surface area contributed by atoms with Crippen molar-refractivity contribution in [1.29, 1.82) is 0 Å². The summed E-state index contributed by atoms with van der Waals surface area (Å²) in [5.41, 5.74) is 1.93. The van der Waals surface area contributed by atoms with Gasteiger partial charge in [-0.1, -0.05) is 37.3 Å². The predicted molar refractivity (Wildman–Crippen MR) is 97.1 cm³/mol. The highest BCUT2D eigenvalue weighted by atomic mass is 16.1. The topological polar surface area (TPSA) is 41.0 Å². The van der Waals surface area contributed by atoms with E-state index in [1.165, 1.54) is 19.3 Å². The number of hydrogen-bond acceptors (Lipinski definition) is 2. The summed E-state index contributed by atoms with van der Waals surface area (Å²) in [4.78, 5) is 17.9. The molecule has 4 nitrogen and oxygen atoms in total. The van der Waals surface area contributed by atoms with E-state index in [4.69, 9.17) is 6.42 Å². The minimum Gasteiger partial charge on any atom is -0.306 e. The zero-order valence-electron chi connectivity index (χ0n) is 14.1. The van der Waals surface area contributed by atoms with Gasteiger partial charge < -0.3 is 4.98 Å². The van der Waals surface area contributed by atoms with Gasteiger partial charge in [-0.3, -0.25) is 9.47 Å². The molecular weight excluding hydrogens is 298 g/mol. The minimum absolute atomic E-state index is 0.0129. The number of imidazole rings is 1. The normalized spacial score (nSPS) is 22.5. The number of piperidine rings is 1. The van der Waals surface area contributed by atoms with Gasteiger partial charge in [-0.2, -0.15) is 0 Å². The molecule has 1 N–H and O–H groups in total. The fourth-order valence-corrected chi connectivity index (χ4v) is 4.68. The Labute approximate surface area is 142 Å². The summed E-state index contributed by atoms with van der Waals surface area (Å²) in [6.07, 6.45) is 14.0. The molecule has 2 heterocycles. The molecule has 1 aromatic heterocycles. The first-order valence-electron chi connectivity index (χ1n) is 9.16. The molecule has 1 aromatic carbocycles. The zero-order chi connectivity index (χ0) is 16.6. The van der Waals surface area contributed by atoms with Crippen molar-refractivity contribution in [3.8, 4) is 12.3 Å². The lowest BCUT2D eigenvalue weighted by molar-refractivity contribution is 0.0639. The second-order valence-corrected chi connectivity index (χ2v) is 7.27. The second kappa shape index (κ2) is 6.14. The monoisotopic (exact) mass is 323 g/mol. The Kier molecular flexibility index (Phi) is 3.97. The van der Waals surface area contributed by atoms with E-state index >= 15 is 0 Å². The molecule has 1 aliphatic carbocycles. The van der Waals surface area contributed by atoms with Gasteiger partial charge in [0.1, 0.15) is 0 Å². The Bertz CT molecular complexity index is 811. The molecule has 2 aliphatic rings. The molecule has 1 saturated heterocycles. The number of nitrogens with zero attached hydrogens (tertiary/aromatic N) is 2. The number of nitrogens with one attached hydrogen (secondary N) is 1. The van der Waals surface area contributed by atoms with Crippen molar-refractivity contribution in [2.75, 3.05) is 13.1 Å². The number of aromatic amines is 1. The van der Waals surface area contributed by atoms with Crippen LogP contribution in [0.3, 0.4) is 0 Å². The third-order valence-corrected chi connectivity index (χ3v) is 6.01. The molecule has 0 amide bonds. The average molecular weight is 323 g/mol. The molecule has 4 heteroatoms. The maximum absolute atomic E-state index is 12.4. The van der Waals surface area contributed by atoms with E-state index in [9.17, 15) is 4.79 Å². The van der Waals surface area contributed by atoms with E-state index in [-0.39, 0.29) is 17.3 Å². The molecule has 2 fully saturated rings. The van der Waals surface area contributed by atoms with Gasteiger partial charge in [0.25, 0.3) is 0 Å². The first-order chi connectivity index (χ1) is 11.7. The van der Waals surface area contributed by atoms with Crippen molar-refractivity contribution in [1.82, 2.24) is 14.5 Å². The van der Waals surface area contributed by atoms with Gasteiger partial charge in [-0.05, 0) is 37.8 Å². The Morgan fingerprint density at radius 2 is 1.83 bits per heavy atom. The summed E-state index contributed by atoms with van der Waals surface area (Å²) < 4.78 is 1.95. The molecule has 24 heavy (non-hydrogen) atoms. The summed E-state index contributed by atoms with van der Waals surface area (Å²) >= 11 is 0. The maximum Gasteiger partial charge on any atom is 0.326 e. The lowest BCUT2D eigenvalue weighted by Crippen LogP contribution is -2.52. The van der Waals surface area contributed by atoms with E-state index in [0.717, 1.165) is 49.8 Å². The van der Waals surface area contributed by atoms with Crippen LogP contribution < -0.4 is 5.69 Å². The molecule has 4 rings (SSSR count). The quantitative estimate of drug-likeness (QED) is 0.862. The standard InChI is InChI=1S/C20H25N3O/c1-2-20(12-6-3-7-13-20)22-14-10-16(11-15-22)23-18-9-5-4-8-17(18)21-19(23)24/h1,4-5,8-9,16H,3,6-7,10-15H2,(H,21,24). The minimum atomic E-state index is -0.0333. The number of para-hydroxylation sites is 2. The number of aromatic nitrogens is 2. The molecule has 2 aromatic rings. The molecule has 126 valence electrons. The van der Waals surface area contributed by atoms with Crippen molar-refractivity contribution < 1.29 is 0 Å². The largest absolute Gasteiger partial charge is 0.326 e. The number of fused-ring (bicyclic) bond motifs is 1. The van der Waals surface area contributed by atoms with Crippen LogP contribution >= 0.6 is 0 Å². The second-order valence-electron chi connectivity index (χ2n) is 7.27. The lowest BCUT2D eigenvalue weighted by Gasteiger charge is -2.46. The third kappa shape index (κ3) is 2.48. The lowest BCUT2D eigenvalue weighted by atomic mass is 9.79. The molecule has 0 atom stereocenters. The van der Waals surface area contributed by atoms with Gasteiger partial charge in [0.2, 0.25) is 0 Å². The number of likely N-dealkylation sites (tertiary alicyclic amines) is 1. The van der Waals surface area contributed by atoms with Crippen molar-refractivity contribution in [2.45, 2.75) is 56.5 Å². The van der Waals surface area contributed by atoms with Crippen LogP contribution in [0.4, 0.5) is 0 Å². The van der Waals surface area contributed by atoms with Crippen LogP contribution in [0, 0.1) is 12.3 Å². The van der Waals surface area contributed by atoms with Gasteiger partial charge in [0, 0.05) is 19.1 Å². The Morgan fingerprint density at radius 3 is 2.54 bits per heavy atom. The van der Waals surface area contributed by atoms with Crippen LogP contribution in [0.1, 0.15) is 51.0 Å². The molecular formula is C20H25N3O. The summed E-state index contributed by atoms with van der Waals surface area (Å²) in [5.74, 6) is 3.13. The highest BCUT2D eigenvalue weighted by Gasteiger charge is 2.38. The number of rotatable bonds is 2. The zero-order valence-corrected chi connectivity index (χ0v) is 14.1. The van der Waals surface area contributed by atoms with Crippen LogP contribution in [-0.4, -0.2) is 33.1 Å². The molecule has 0 bridgehead atoms. The third-order valence-electron chi connectivity index (χ3n) is 6.01. The van der Waals surface area contributed by atoms with Crippen molar-refractivity contribution >= 4 is 11.0 Å². The van der Waals surface area contributed by atoms with Crippen LogP contribution in [-0.2, 0) is 0 Å². The van der Waals surface area contributed by atoms with Crippen molar-refractivity contribution in [3.63, 3.8) is 0 Å². The summed E-state index contributed by atoms with van der Waals surface area (Å²) in [7, 11) is 0. The maximum atomic E-state index is 12.4. The van der Waals surface area contributed by atoms with E-state index < -0.39 is 0 Å². The van der Waals surface area contributed by atoms with Gasteiger partial charge in [-0.25, -0.2) is 4.79 Å². The summed E-state index contributed by atoms with van der Waals surface area (Å²) in [6, 6.07) is 8.23. The van der Waals surface area contributed by atoms with E-state index in [1.807, 2.05) is 28.8 Å². The van der Waals surface area contributed by atoms with Crippen LogP contribution in [0.25, 0.3) is 11.0 Å². The van der Waals surface area contributed by atoms with Crippen LogP contribution in [0.15, 0.2) is 29.1 Å². The summed E-state index contributed by atoms with van der Waals surface area (Å²) in [5, 5.41) is 0. The van der Waals surface area contributed by atoms with Crippen LogP contribution in [0.2, 0.25) is 0 Å². The van der Waals surface area contributed by atoms with Crippen molar-refractivity contribution in [2.24, 2.45) is 0 Å². The van der Waals surface area contributed by atoms with Gasteiger partial charge in [0.15, 0.2) is 0 Å². The number of H-pyrrole nitrogens is 1. The number of benzene rings is 1. The first-order valence-corrected chi connectivity index (χ1v) is 9.16. The molecule has 1 aliphatic heterocycles. The average Bonchev–Trinajstić information content (AvgIpc) is 2.98. The SMILES string of the molecule is C#CC1(N2CCC(n3c(=O)[nH]c4ccccc43)CC2)CCCCC1. The molecule has 0 radical (unpaired) electrons.